The Kier molecular flexibility index (Phi) is 3.86. The van der Waals surface area contributed by atoms with Gasteiger partial charge in [0.2, 0.25) is 5.95 Å². The molecule has 0 aromatic carbocycles. The second-order valence-electron chi connectivity index (χ2n) is 4.38. The zero-order chi connectivity index (χ0) is 12.3. The number of thiocarbonyl (C=S) groups is 1. The Morgan fingerprint density at radius 1 is 1.65 bits per heavy atom. The minimum Gasteiger partial charge on any atom is -0.388 e. The van der Waals surface area contributed by atoms with Crippen LogP contribution in [-0.2, 0) is 0 Å². The molecular weight excluding hydrogens is 234 g/mol. The van der Waals surface area contributed by atoms with E-state index in [9.17, 15) is 0 Å². The monoisotopic (exact) mass is 251 g/mol. The lowest BCUT2D eigenvalue weighted by Gasteiger charge is -2.30. The molecule has 1 aliphatic rings. The van der Waals surface area contributed by atoms with Gasteiger partial charge in [-0.1, -0.05) is 12.2 Å². The molecular formula is C11H17N5S. The minimum atomic E-state index is 0.302. The van der Waals surface area contributed by atoms with Gasteiger partial charge in [-0.25, -0.2) is 9.97 Å². The van der Waals surface area contributed by atoms with Crippen LogP contribution < -0.4 is 11.1 Å². The average Bonchev–Trinajstić information content (AvgIpc) is 2.29. The molecule has 0 aliphatic carbocycles. The molecule has 1 saturated heterocycles. The van der Waals surface area contributed by atoms with Crippen molar-refractivity contribution < 1.29 is 0 Å². The number of nitrogens with one attached hydrogen (secondary N) is 1. The summed E-state index contributed by atoms with van der Waals surface area (Å²) in [4.78, 5) is 11.1. The standard InChI is InChI=1S/C11H17N5S/c1-16-6-2-3-8(7-16)14-11-13-5-4-9(15-11)10(12)17/h4-5,8H,2-3,6-7H2,1H3,(H2,12,17)(H,13,14,15). The highest BCUT2D eigenvalue weighted by atomic mass is 32.1. The molecule has 5 nitrogen and oxygen atoms in total. The number of nitrogens with zero attached hydrogens (tertiary/aromatic N) is 3. The van der Waals surface area contributed by atoms with Gasteiger partial charge in [-0.15, -0.1) is 0 Å². The molecule has 0 amide bonds. The van der Waals surface area contributed by atoms with Crippen molar-refractivity contribution in [3.63, 3.8) is 0 Å². The molecule has 0 bridgehead atoms. The summed E-state index contributed by atoms with van der Waals surface area (Å²) in [5.74, 6) is 0.607. The molecule has 2 heterocycles. The van der Waals surface area contributed by atoms with E-state index in [0.29, 0.717) is 22.7 Å². The smallest absolute Gasteiger partial charge is 0.223 e. The van der Waals surface area contributed by atoms with Crippen LogP contribution in [-0.4, -0.2) is 46.0 Å². The van der Waals surface area contributed by atoms with Gasteiger partial charge >= 0.3 is 0 Å². The van der Waals surface area contributed by atoms with Crippen molar-refractivity contribution in [3.8, 4) is 0 Å². The Morgan fingerprint density at radius 3 is 3.18 bits per heavy atom. The van der Waals surface area contributed by atoms with Crippen molar-refractivity contribution >= 4 is 23.2 Å². The van der Waals surface area contributed by atoms with Crippen LogP contribution >= 0.6 is 12.2 Å². The molecule has 92 valence electrons. The first-order valence-electron chi connectivity index (χ1n) is 5.73. The Morgan fingerprint density at radius 2 is 2.47 bits per heavy atom. The van der Waals surface area contributed by atoms with Gasteiger partial charge in [-0.2, -0.15) is 0 Å². The van der Waals surface area contributed by atoms with E-state index in [-0.39, 0.29) is 0 Å². The molecule has 1 aromatic heterocycles. The van der Waals surface area contributed by atoms with Crippen molar-refractivity contribution in [2.45, 2.75) is 18.9 Å². The van der Waals surface area contributed by atoms with Crippen LogP contribution in [0.25, 0.3) is 0 Å². The first kappa shape index (κ1) is 12.2. The number of likely N-dealkylation sites (tertiary alicyclic amines) is 1. The van der Waals surface area contributed by atoms with Crippen molar-refractivity contribution in [3.05, 3.63) is 18.0 Å². The first-order valence-corrected chi connectivity index (χ1v) is 6.14. The minimum absolute atomic E-state index is 0.302. The van der Waals surface area contributed by atoms with Crippen LogP contribution in [0.15, 0.2) is 12.3 Å². The van der Waals surface area contributed by atoms with Gasteiger partial charge in [0.15, 0.2) is 0 Å². The summed E-state index contributed by atoms with van der Waals surface area (Å²) in [5.41, 5.74) is 6.16. The number of rotatable bonds is 3. The van der Waals surface area contributed by atoms with E-state index in [4.69, 9.17) is 18.0 Å². The maximum Gasteiger partial charge on any atom is 0.223 e. The van der Waals surface area contributed by atoms with E-state index >= 15 is 0 Å². The van der Waals surface area contributed by atoms with Gasteiger partial charge in [0.1, 0.15) is 10.7 Å². The van der Waals surface area contributed by atoms with Crippen molar-refractivity contribution in [2.24, 2.45) is 5.73 Å². The van der Waals surface area contributed by atoms with Crippen LogP contribution in [0.1, 0.15) is 18.5 Å². The maximum atomic E-state index is 5.54. The van der Waals surface area contributed by atoms with E-state index < -0.39 is 0 Å². The summed E-state index contributed by atoms with van der Waals surface area (Å²) >= 11 is 4.90. The molecule has 0 spiro atoms. The maximum absolute atomic E-state index is 5.54. The van der Waals surface area contributed by atoms with Gasteiger partial charge in [0.05, 0.1) is 0 Å². The predicted octanol–water partition coefficient (Wildman–Crippen LogP) is 0.617. The number of likely N-dealkylation sites (N-methyl/N-ethyl adjacent to an activating group) is 1. The van der Waals surface area contributed by atoms with Crippen molar-refractivity contribution in [1.82, 2.24) is 14.9 Å². The molecule has 3 N–H and O–H groups in total. The summed E-state index contributed by atoms with van der Waals surface area (Å²) in [6, 6.07) is 2.12. The third-order valence-electron chi connectivity index (χ3n) is 2.87. The fraction of sp³-hybridized carbons (Fsp3) is 0.545. The van der Waals surface area contributed by atoms with Crippen LogP contribution in [0.5, 0.6) is 0 Å². The zero-order valence-electron chi connectivity index (χ0n) is 9.89. The van der Waals surface area contributed by atoms with Crippen LogP contribution in [0.4, 0.5) is 5.95 Å². The summed E-state index contributed by atoms with van der Waals surface area (Å²) in [6.07, 6.45) is 4.02. The number of hydrogen-bond donors (Lipinski definition) is 2. The Balaban J connectivity index is 2.02. The molecule has 1 fully saturated rings. The predicted molar refractivity (Wildman–Crippen MR) is 72.1 cm³/mol. The van der Waals surface area contributed by atoms with Crippen LogP contribution in [0.2, 0.25) is 0 Å². The van der Waals surface area contributed by atoms with Gasteiger partial charge < -0.3 is 16.0 Å². The van der Waals surface area contributed by atoms with Crippen molar-refractivity contribution in [2.75, 3.05) is 25.5 Å². The molecule has 1 aromatic rings. The molecule has 6 heteroatoms. The van der Waals surface area contributed by atoms with Crippen LogP contribution in [0, 0.1) is 0 Å². The first-order chi connectivity index (χ1) is 8.15. The lowest BCUT2D eigenvalue weighted by atomic mass is 10.1. The SMILES string of the molecule is CN1CCCC(Nc2nccc(C(N)=S)n2)C1. The number of hydrogen-bond acceptors (Lipinski definition) is 5. The average molecular weight is 251 g/mol. The molecule has 2 rings (SSSR count). The van der Waals surface area contributed by atoms with Crippen molar-refractivity contribution in [1.29, 1.82) is 0 Å². The summed E-state index contributed by atoms with van der Waals surface area (Å²) < 4.78 is 0. The number of aromatic nitrogens is 2. The third-order valence-corrected chi connectivity index (χ3v) is 3.07. The van der Waals surface area contributed by atoms with E-state index in [1.165, 1.54) is 6.42 Å². The van der Waals surface area contributed by atoms with E-state index in [1.807, 2.05) is 0 Å². The number of nitrogens with two attached hydrogens (primary N) is 1. The Bertz CT molecular complexity index is 409. The number of piperidine rings is 1. The van der Waals surface area contributed by atoms with Gasteiger partial charge in [-0.3, -0.25) is 0 Å². The number of anilines is 1. The highest BCUT2D eigenvalue weighted by molar-refractivity contribution is 7.80. The molecule has 1 aliphatic heterocycles. The van der Waals surface area contributed by atoms with Gasteiger partial charge in [0, 0.05) is 18.8 Å². The van der Waals surface area contributed by atoms with Gasteiger partial charge in [0.25, 0.3) is 0 Å². The topological polar surface area (TPSA) is 67.1 Å². The molecule has 17 heavy (non-hydrogen) atoms. The summed E-state index contributed by atoms with van der Waals surface area (Å²) in [5, 5.41) is 3.33. The fourth-order valence-corrected chi connectivity index (χ4v) is 2.15. The normalized spacial score (nSPS) is 21.1. The molecule has 0 radical (unpaired) electrons. The van der Waals surface area contributed by atoms with Crippen LogP contribution in [0.3, 0.4) is 0 Å². The summed E-state index contributed by atoms with van der Waals surface area (Å²) in [7, 11) is 2.13. The molecule has 1 atom stereocenters. The Hall–Kier alpha value is -1.27. The van der Waals surface area contributed by atoms with E-state index in [2.05, 4.69) is 27.2 Å². The highest BCUT2D eigenvalue weighted by Gasteiger charge is 2.17. The molecule has 0 saturated carbocycles. The highest BCUT2D eigenvalue weighted by Crippen LogP contribution is 2.12. The Labute approximate surface area is 106 Å². The fourth-order valence-electron chi connectivity index (χ4n) is 2.03. The summed E-state index contributed by atoms with van der Waals surface area (Å²) in [6.45, 7) is 2.17. The van der Waals surface area contributed by atoms with E-state index in [0.717, 1.165) is 19.5 Å². The lowest BCUT2D eigenvalue weighted by molar-refractivity contribution is 0.260. The molecule has 1 unspecified atom stereocenters. The van der Waals surface area contributed by atoms with E-state index in [1.54, 1.807) is 12.3 Å². The second-order valence-corrected chi connectivity index (χ2v) is 4.82. The zero-order valence-corrected chi connectivity index (χ0v) is 10.7. The van der Waals surface area contributed by atoms with Gasteiger partial charge in [-0.05, 0) is 32.5 Å². The quantitative estimate of drug-likeness (QED) is 0.768. The largest absolute Gasteiger partial charge is 0.388 e. The third kappa shape index (κ3) is 3.34. The second kappa shape index (κ2) is 5.37. The lowest BCUT2D eigenvalue weighted by Crippen LogP contribution is -2.40.